The molecule has 0 aliphatic heterocycles. The monoisotopic (exact) mass is 408 g/mol. The summed E-state index contributed by atoms with van der Waals surface area (Å²) in [4.78, 5) is 41.7. The van der Waals surface area contributed by atoms with Crippen LogP contribution in [-0.2, 0) is 0 Å². The van der Waals surface area contributed by atoms with Crippen molar-refractivity contribution in [1.82, 2.24) is 0 Å². The van der Waals surface area contributed by atoms with E-state index in [1.807, 2.05) is 0 Å². The molecule has 0 saturated heterocycles. The van der Waals surface area contributed by atoms with Crippen molar-refractivity contribution < 1.29 is 19.7 Å². The van der Waals surface area contributed by atoms with Crippen LogP contribution < -0.4 is 0 Å². The van der Waals surface area contributed by atoms with Gasteiger partial charge in [-0.05, 0) is 0 Å². The van der Waals surface area contributed by atoms with Gasteiger partial charge >= 0.3 is 0 Å². The highest BCUT2D eigenvalue weighted by atomic mass is 16.6. The first-order chi connectivity index (χ1) is 14.1. The van der Waals surface area contributed by atoms with Gasteiger partial charge in [0.1, 0.15) is 17.7 Å². The molecule has 0 aromatic heterocycles. The predicted octanol–water partition coefficient (Wildman–Crippen LogP) is 3.15. The summed E-state index contributed by atoms with van der Waals surface area (Å²) in [5.41, 5.74) is -5.98. The number of nitro benzene ring substituents is 4. The summed E-state index contributed by atoms with van der Waals surface area (Å²) in [7, 11) is 0. The second-order valence-electron chi connectivity index (χ2n) is 5.78. The van der Waals surface area contributed by atoms with Crippen molar-refractivity contribution in [2.45, 2.75) is 0 Å². The van der Waals surface area contributed by atoms with Gasteiger partial charge in [0, 0.05) is 28.8 Å². The fraction of sp³-hybridized carbons (Fsp3) is 0. The van der Waals surface area contributed by atoms with E-state index in [9.17, 15) is 51.0 Å². The third kappa shape index (κ3) is 2.74. The van der Waals surface area contributed by atoms with Crippen LogP contribution in [0.25, 0.3) is 16.7 Å². The second kappa shape index (κ2) is 6.73. The van der Waals surface area contributed by atoms with Crippen molar-refractivity contribution in [3.05, 3.63) is 81.4 Å². The van der Waals surface area contributed by atoms with Crippen LogP contribution in [0.15, 0.2) is 29.8 Å². The molecule has 0 atom stereocenters. The Labute approximate surface area is 164 Å². The average Bonchev–Trinajstić information content (AvgIpc) is 3.01. The van der Waals surface area contributed by atoms with Crippen LogP contribution in [0.2, 0.25) is 0 Å². The van der Waals surface area contributed by atoms with E-state index in [0.717, 1.165) is 12.1 Å². The molecule has 0 amide bonds. The molecule has 1 aliphatic rings. The standard InChI is InChI=1S/C16H4N6O8/c17-5-7(6-18)14-10-1-8(19(23)24)3-12(21(27)28)15(10)16-11(14)2-9(20(25)26)4-13(16)22(29)30/h1-4H. The molecular weight excluding hydrogens is 404 g/mol. The van der Waals surface area contributed by atoms with Crippen molar-refractivity contribution in [1.29, 1.82) is 10.5 Å². The van der Waals surface area contributed by atoms with Gasteiger partial charge < -0.3 is 0 Å². The SMILES string of the molecule is N#CC(C#N)=C1c2cc([N+](=O)[O-])cc([N+](=O)[O-])c2-c2c1cc([N+](=O)[O-])cc2[N+](=O)[O-]. The molecule has 2 aromatic carbocycles. The average molecular weight is 408 g/mol. The minimum absolute atomic E-state index is 0.354. The van der Waals surface area contributed by atoms with Crippen molar-refractivity contribution in [3.8, 4) is 23.3 Å². The van der Waals surface area contributed by atoms with Gasteiger partial charge in [-0.1, -0.05) is 0 Å². The van der Waals surface area contributed by atoms with E-state index < -0.39 is 64.7 Å². The first-order valence-corrected chi connectivity index (χ1v) is 7.61. The molecular formula is C16H4N6O8. The number of non-ortho nitro benzene ring substituents is 2. The van der Waals surface area contributed by atoms with E-state index in [1.165, 1.54) is 12.1 Å². The van der Waals surface area contributed by atoms with Crippen molar-refractivity contribution >= 4 is 28.3 Å². The molecule has 0 unspecified atom stereocenters. The molecule has 3 rings (SSSR count). The van der Waals surface area contributed by atoms with E-state index >= 15 is 0 Å². The number of hydrogen-bond acceptors (Lipinski definition) is 10. The maximum atomic E-state index is 11.6. The number of benzene rings is 2. The van der Waals surface area contributed by atoms with Gasteiger partial charge in [0.05, 0.1) is 43.0 Å². The first kappa shape index (κ1) is 19.5. The van der Waals surface area contributed by atoms with Gasteiger partial charge in [0.15, 0.2) is 0 Å². The zero-order valence-electron chi connectivity index (χ0n) is 14.3. The Kier molecular flexibility index (Phi) is 4.38. The Morgan fingerprint density at radius 1 is 0.667 bits per heavy atom. The molecule has 14 nitrogen and oxygen atoms in total. The van der Waals surface area contributed by atoms with Crippen LogP contribution in [0.4, 0.5) is 22.7 Å². The molecule has 0 radical (unpaired) electrons. The Balaban J connectivity index is 2.67. The van der Waals surface area contributed by atoms with E-state index in [1.54, 1.807) is 0 Å². The highest BCUT2D eigenvalue weighted by Gasteiger charge is 2.41. The minimum Gasteiger partial charge on any atom is -0.258 e. The molecule has 2 aromatic rings. The largest absolute Gasteiger partial charge is 0.284 e. The van der Waals surface area contributed by atoms with Crippen LogP contribution in [0.5, 0.6) is 0 Å². The summed E-state index contributed by atoms with van der Waals surface area (Å²) in [5.74, 6) is 0. The summed E-state index contributed by atoms with van der Waals surface area (Å²) >= 11 is 0. The summed E-state index contributed by atoms with van der Waals surface area (Å²) < 4.78 is 0. The molecule has 0 fully saturated rings. The van der Waals surface area contributed by atoms with E-state index in [4.69, 9.17) is 0 Å². The fourth-order valence-electron chi connectivity index (χ4n) is 3.19. The number of hydrogen-bond donors (Lipinski definition) is 0. The number of rotatable bonds is 4. The lowest BCUT2D eigenvalue weighted by atomic mass is 9.98. The van der Waals surface area contributed by atoms with Gasteiger partial charge in [-0.2, -0.15) is 10.5 Å². The molecule has 0 spiro atoms. The Morgan fingerprint density at radius 3 is 1.30 bits per heavy atom. The van der Waals surface area contributed by atoms with Gasteiger partial charge in [-0.3, -0.25) is 40.5 Å². The summed E-state index contributed by atoms with van der Waals surface area (Å²) in [5, 5.41) is 64.2. The van der Waals surface area contributed by atoms with Crippen molar-refractivity contribution in [3.63, 3.8) is 0 Å². The molecule has 30 heavy (non-hydrogen) atoms. The minimum atomic E-state index is -1.01. The number of nitrogens with zero attached hydrogens (tertiary/aromatic N) is 6. The van der Waals surface area contributed by atoms with Gasteiger partial charge in [-0.15, -0.1) is 0 Å². The number of nitro groups is 4. The molecule has 14 heteroatoms. The summed E-state index contributed by atoms with van der Waals surface area (Å²) in [6.45, 7) is 0. The summed E-state index contributed by atoms with van der Waals surface area (Å²) in [6.07, 6.45) is 0. The van der Waals surface area contributed by atoms with Crippen molar-refractivity contribution in [2.24, 2.45) is 0 Å². The summed E-state index contributed by atoms with van der Waals surface area (Å²) in [6, 6.07) is 5.82. The zero-order valence-corrected chi connectivity index (χ0v) is 14.3. The Morgan fingerprint density at radius 2 is 1.03 bits per heavy atom. The van der Waals surface area contributed by atoms with Crippen LogP contribution in [0.1, 0.15) is 11.1 Å². The maximum absolute atomic E-state index is 11.6. The van der Waals surface area contributed by atoms with Crippen LogP contribution in [-0.4, -0.2) is 19.7 Å². The first-order valence-electron chi connectivity index (χ1n) is 7.61. The third-order valence-corrected chi connectivity index (χ3v) is 4.28. The fourth-order valence-corrected chi connectivity index (χ4v) is 3.19. The Hall–Kier alpha value is -5.24. The normalized spacial score (nSPS) is 10.9. The molecule has 0 N–H and O–H groups in total. The number of nitriles is 2. The van der Waals surface area contributed by atoms with Gasteiger partial charge in [-0.25, -0.2) is 0 Å². The molecule has 0 saturated carbocycles. The second-order valence-corrected chi connectivity index (χ2v) is 5.78. The number of allylic oxidation sites excluding steroid dienone is 1. The molecule has 1 aliphatic carbocycles. The van der Waals surface area contributed by atoms with Gasteiger partial charge in [0.2, 0.25) is 0 Å². The lowest BCUT2D eigenvalue weighted by molar-refractivity contribution is -0.395. The highest BCUT2D eigenvalue weighted by molar-refractivity contribution is 6.10. The zero-order chi connectivity index (χ0) is 22.3. The van der Waals surface area contributed by atoms with Gasteiger partial charge in [0.25, 0.3) is 22.7 Å². The molecule has 0 heterocycles. The third-order valence-electron chi connectivity index (χ3n) is 4.28. The van der Waals surface area contributed by atoms with Crippen molar-refractivity contribution in [2.75, 3.05) is 0 Å². The van der Waals surface area contributed by atoms with E-state index in [-0.39, 0.29) is 11.1 Å². The predicted molar refractivity (Wildman–Crippen MR) is 95.7 cm³/mol. The van der Waals surface area contributed by atoms with E-state index in [2.05, 4.69) is 0 Å². The lowest BCUT2D eigenvalue weighted by Gasteiger charge is -2.04. The number of fused-ring (bicyclic) bond motifs is 3. The smallest absolute Gasteiger partial charge is 0.258 e. The molecule has 0 bridgehead atoms. The Bertz CT molecular complexity index is 1230. The maximum Gasteiger partial charge on any atom is 0.284 e. The van der Waals surface area contributed by atoms with Crippen LogP contribution in [0.3, 0.4) is 0 Å². The lowest BCUT2D eigenvalue weighted by Crippen LogP contribution is -1.99. The topological polar surface area (TPSA) is 220 Å². The van der Waals surface area contributed by atoms with E-state index in [0.29, 0.717) is 12.1 Å². The molecule has 146 valence electrons. The van der Waals surface area contributed by atoms with Crippen LogP contribution in [0, 0.1) is 63.1 Å². The van der Waals surface area contributed by atoms with Crippen LogP contribution >= 0.6 is 0 Å². The quantitative estimate of drug-likeness (QED) is 0.348. The highest BCUT2D eigenvalue weighted by Crippen LogP contribution is 2.55.